The summed E-state index contributed by atoms with van der Waals surface area (Å²) in [5.41, 5.74) is 9.98. The number of likely N-dealkylation sites (tertiary alicyclic amines) is 2. The Bertz CT molecular complexity index is 2280. The second kappa shape index (κ2) is 20.0. The summed E-state index contributed by atoms with van der Waals surface area (Å²) in [6, 6.07) is 28.2. The highest BCUT2D eigenvalue weighted by Crippen LogP contribution is 2.34. The third kappa shape index (κ3) is 12.0. The van der Waals surface area contributed by atoms with E-state index in [0.717, 1.165) is 16.7 Å². The molecule has 4 aromatic carbocycles. The molecule has 16 heteroatoms. The first kappa shape index (κ1) is 45.7. The SMILES string of the molecule is CC1(C)O[C@H]2CN(C(=O)COc3ccc(CNC(=O)c4ccc(CN)cc4)cc3)C[C@H]2O1.[C-]#[N+]c1ccc(C(=O)NCc2ccc(OCC(=O)N3C[C@@H]4OC(C)(C)O[C@@H]4C3)cc2)cc1. The van der Waals surface area contributed by atoms with Gasteiger partial charge in [-0.05, 0) is 80.8 Å². The van der Waals surface area contributed by atoms with Crippen LogP contribution in [0.2, 0.25) is 0 Å². The van der Waals surface area contributed by atoms with Crippen molar-refractivity contribution in [2.24, 2.45) is 5.73 Å². The first-order valence-corrected chi connectivity index (χ1v) is 21.2. The number of carbonyl (C=O) groups excluding carboxylic acids is 4. The fourth-order valence-corrected chi connectivity index (χ4v) is 7.79. The molecular weight excluding hydrogens is 821 g/mol. The topological polar surface area (TPSA) is 185 Å². The van der Waals surface area contributed by atoms with Crippen LogP contribution >= 0.6 is 0 Å². The maximum atomic E-state index is 12.5. The summed E-state index contributed by atoms with van der Waals surface area (Å²) in [4.78, 5) is 56.1. The lowest BCUT2D eigenvalue weighted by Gasteiger charge is -2.23. The first-order valence-electron chi connectivity index (χ1n) is 21.2. The average molecular weight is 875 g/mol. The van der Waals surface area contributed by atoms with Crippen LogP contribution in [0.15, 0.2) is 97.1 Å². The molecule has 4 amide bonds. The van der Waals surface area contributed by atoms with Crippen molar-refractivity contribution < 1.29 is 47.6 Å². The molecular formula is C48H54N6O10. The number of hydrogen-bond donors (Lipinski definition) is 3. The van der Waals surface area contributed by atoms with E-state index in [-0.39, 0.29) is 61.3 Å². The molecule has 4 N–H and O–H groups in total. The van der Waals surface area contributed by atoms with Gasteiger partial charge in [0.15, 0.2) is 30.5 Å². The van der Waals surface area contributed by atoms with Crippen molar-refractivity contribution in [2.75, 3.05) is 39.4 Å². The Labute approximate surface area is 372 Å². The predicted octanol–water partition coefficient (Wildman–Crippen LogP) is 4.72. The molecule has 8 rings (SSSR count). The van der Waals surface area contributed by atoms with Crippen LogP contribution in [0.3, 0.4) is 0 Å². The molecule has 0 aliphatic carbocycles. The summed E-state index contributed by atoms with van der Waals surface area (Å²) < 4.78 is 34.5. The Morgan fingerprint density at radius 1 is 0.594 bits per heavy atom. The van der Waals surface area contributed by atoms with E-state index in [1.165, 1.54) is 0 Å². The van der Waals surface area contributed by atoms with Crippen molar-refractivity contribution in [3.05, 3.63) is 136 Å². The van der Waals surface area contributed by atoms with Gasteiger partial charge in [0.2, 0.25) is 0 Å². The largest absolute Gasteiger partial charge is 0.484 e. The number of fused-ring (bicyclic) bond motifs is 2. The van der Waals surface area contributed by atoms with Crippen LogP contribution in [0, 0.1) is 6.57 Å². The van der Waals surface area contributed by atoms with Gasteiger partial charge in [-0.15, -0.1) is 0 Å². The molecule has 4 heterocycles. The zero-order valence-electron chi connectivity index (χ0n) is 36.4. The van der Waals surface area contributed by atoms with Crippen molar-refractivity contribution in [1.29, 1.82) is 0 Å². The molecule has 0 radical (unpaired) electrons. The van der Waals surface area contributed by atoms with E-state index in [1.807, 2.05) is 64.1 Å². The Balaban J connectivity index is 0.000000191. The van der Waals surface area contributed by atoms with Crippen LogP contribution in [0.4, 0.5) is 5.69 Å². The van der Waals surface area contributed by atoms with Gasteiger partial charge in [-0.25, -0.2) is 4.85 Å². The molecule has 0 saturated carbocycles. The quantitative estimate of drug-likeness (QED) is 0.158. The number of hydrogen-bond acceptors (Lipinski definition) is 11. The molecule has 4 fully saturated rings. The highest BCUT2D eigenvalue weighted by atomic mass is 16.8. The van der Waals surface area contributed by atoms with E-state index in [9.17, 15) is 19.2 Å². The minimum atomic E-state index is -0.592. The smallest absolute Gasteiger partial charge is 0.260 e. The summed E-state index contributed by atoms with van der Waals surface area (Å²) in [5, 5.41) is 5.73. The molecule has 0 spiro atoms. The van der Waals surface area contributed by atoms with Gasteiger partial charge in [0.25, 0.3) is 23.6 Å². The van der Waals surface area contributed by atoms with Crippen LogP contribution in [-0.4, -0.2) is 109 Å². The summed E-state index contributed by atoms with van der Waals surface area (Å²) >= 11 is 0. The second-order valence-corrected chi connectivity index (χ2v) is 16.8. The number of nitrogens with two attached hydrogens (primary N) is 1. The Morgan fingerprint density at radius 2 is 0.938 bits per heavy atom. The van der Waals surface area contributed by atoms with Crippen LogP contribution in [0.25, 0.3) is 4.85 Å². The van der Waals surface area contributed by atoms with Crippen LogP contribution in [0.5, 0.6) is 11.5 Å². The minimum absolute atomic E-state index is 0.0439. The molecule has 0 unspecified atom stereocenters. The van der Waals surface area contributed by atoms with E-state index in [1.54, 1.807) is 70.5 Å². The second-order valence-electron chi connectivity index (χ2n) is 16.8. The van der Waals surface area contributed by atoms with Gasteiger partial charge in [0.1, 0.15) is 35.9 Å². The number of rotatable bonds is 13. The molecule has 16 nitrogen and oxygen atoms in total. The average Bonchev–Trinajstić information content (AvgIpc) is 4.03. The van der Waals surface area contributed by atoms with E-state index in [2.05, 4.69) is 15.5 Å². The summed E-state index contributed by atoms with van der Waals surface area (Å²) in [7, 11) is 0. The van der Waals surface area contributed by atoms with Crippen LogP contribution < -0.4 is 25.8 Å². The standard InChI is InChI=1S/C24H25N3O5.C24H29N3O5/c1-24(2)31-20-13-27(14-21(20)32-24)22(28)15-30-19-10-4-16(5-11-19)12-26-23(29)17-6-8-18(25-3)9-7-17;1-24(2)31-20-13-27(14-21(20)32-24)22(28)15-30-19-9-5-17(6-10-19)12-26-23(29)18-7-3-16(11-25)4-8-18/h4-11,20-21H,12-15H2,1-2H3,(H,26,29);3-10,20-21H,11-15,25H2,1-2H3,(H,26,29)/t2*20-,21+. The Morgan fingerprint density at radius 3 is 1.28 bits per heavy atom. The molecule has 4 aliphatic heterocycles. The van der Waals surface area contributed by atoms with Crippen molar-refractivity contribution in [1.82, 2.24) is 20.4 Å². The highest BCUT2D eigenvalue weighted by Gasteiger charge is 2.49. The van der Waals surface area contributed by atoms with Crippen molar-refractivity contribution >= 4 is 29.3 Å². The molecule has 64 heavy (non-hydrogen) atoms. The van der Waals surface area contributed by atoms with E-state index in [4.69, 9.17) is 40.7 Å². The molecule has 4 atom stereocenters. The normalized spacial score (nSPS) is 21.1. The van der Waals surface area contributed by atoms with Gasteiger partial charge in [0, 0.05) is 56.9 Å². The zero-order valence-corrected chi connectivity index (χ0v) is 36.4. The van der Waals surface area contributed by atoms with E-state index >= 15 is 0 Å². The molecule has 0 aromatic heterocycles. The molecule has 4 aromatic rings. The van der Waals surface area contributed by atoms with E-state index in [0.29, 0.717) is 74.1 Å². The van der Waals surface area contributed by atoms with Crippen molar-refractivity contribution in [2.45, 2.75) is 83.3 Å². The lowest BCUT2D eigenvalue weighted by Crippen LogP contribution is -2.36. The van der Waals surface area contributed by atoms with Gasteiger partial charge in [-0.3, -0.25) is 19.2 Å². The zero-order chi connectivity index (χ0) is 45.4. The molecule has 4 saturated heterocycles. The van der Waals surface area contributed by atoms with Crippen LogP contribution in [0.1, 0.15) is 65.1 Å². The lowest BCUT2D eigenvalue weighted by molar-refractivity contribution is -0.161. The van der Waals surface area contributed by atoms with Gasteiger partial charge in [-0.2, -0.15) is 0 Å². The fourth-order valence-electron chi connectivity index (χ4n) is 7.79. The molecule has 4 aliphatic rings. The summed E-state index contributed by atoms with van der Waals surface area (Å²) in [6.45, 7) is 17.6. The van der Waals surface area contributed by atoms with E-state index < -0.39 is 11.6 Å². The monoisotopic (exact) mass is 874 g/mol. The number of nitrogens with one attached hydrogen (secondary N) is 2. The van der Waals surface area contributed by atoms with Crippen molar-refractivity contribution in [3.63, 3.8) is 0 Å². The third-order valence-electron chi connectivity index (χ3n) is 11.1. The maximum Gasteiger partial charge on any atom is 0.260 e. The van der Waals surface area contributed by atoms with Gasteiger partial charge < -0.3 is 54.6 Å². The number of nitrogens with zero attached hydrogens (tertiary/aromatic N) is 3. The lowest BCUT2D eigenvalue weighted by atomic mass is 10.1. The third-order valence-corrected chi connectivity index (χ3v) is 11.1. The maximum absolute atomic E-state index is 12.5. The number of carbonyl (C=O) groups is 4. The Kier molecular flexibility index (Phi) is 14.3. The summed E-state index contributed by atoms with van der Waals surface area (Å²) in [6.07, 6.45) is -0.341. The highest BCUT2D eigenvalue weighted by molar-refractivity contribution is 5.95. The summed E-state index contributed by atoms with van der Waals surface area (Å²) in [5.74, 6) is -0.561. The number of benzene rings is 4. The van der Waals surface area contributed by atoms with Gasteiger partial charge in [-0.1, -0.05) is 60.7 Å². The van der Waals surface area contributed by atoms with Gasteiger partial charge >= 0.3 is 0 Å². The number of ether oxygens (including phenoxy) is 6. The first-order chi connectivity index (χ1) is 30.7. The minimum Gasteiger partial charge on any atom is -0.484 e. The molecule has 336 valence electrons. The van der Waals surface area contributed by atoms with Gasteiger partial charge in [0.05, 0.1) is 6.57 Å². The number of amides is 4. The van der Waals surface area contributed by atoms with Crippen LogP contribution in [-0.2, 0) is 48.2 Å². The molecule has 0 bridgehead atoms. The Hall–Kier alpha value is -6.35. The fraction of sp³-hybridized carbons (Fsp3) is 0.396. The van der Waals surface area contributed by atoms with Crippen molar-refractivity contribution in [3.8, 4) is 11.5 Å². The predicted molar refractivity (Wildman–Crippen MR) is 234 cm³/mol.